The summed E-state index contributed by atoms with van der Waals surface area (Å²) in [6, 6.07) is 16.9. The van der Waals surface area contributed by atoms with Gasteiger partial charge in [0.2, 0.25) is 0 Å². The highest BCUT2D eigenvalue weighted by atomic mass is 19.3. The molecule has 2 rings (SSSR count). The van der Waals surface area contributed by atoms with Crippen molar-refractivity contribution in [2.45, 2.75) is 13.2 Å². The zero-order valence-electron chi connectivity index (χ0n) is 12.6. The quantitative estimate of drug-likeness (QED) is 0.652. The molecule has 0 fully saturated rings. The average molecular weight is 328 g/mol. The fourth-order valence-electron chi connectivity index (χ4n) is 1.98. The molecule has 2 aromatic carbocycles. The molecule has 122 valence electrons. The lowest BCUT2D eigenvalue weighted by Crippen LogP contribution is -2.23. The second kappa shape index (κ2) is 8.44. The number of hydrogen-bond donors (Lipinski definition) is 1. The van der Waals surface area contributed by atoms with Crippen LogP contribution in [0.5, 0.6) is 5.75 Å². The van der Waals surface area contributed by atoms with E-state index in [4.69, 9.17) is 5.26 Å². The predicted octanol–water partition coefficient (Wildman–Crippen LogP) is 3.51. The van der Waals surface area contributed by atoms with Crippen LogP contribution in [0.15, 0.2) is 60.2 Å². The number of rotatable bonds is 6. The van der Waals surface area contributed by atoms with E-state index in [1.165, 1.54) is 24.3 Å². The van der Waals surface area contributed by atoms with Crippen molar-refractivity contribution in [1.29, 1.82) is 5.26 Å². The smallest absolute Gasteiger partial charge is 0.387 e. The number of carbonyl (C=O) groups is 1. The van der Waals surface area contributed by atoms with E-state index in [0.29, 0.717) is 0 Å². The summed E-state index contributed by atoms with van der Waals surface area (Å²) in [5.41, 5.74) is 0.907. The highest BCUT2D eigenvalue weighted by Gasteiger charge is 2.12. The number of ether oxygens (including phenoxy) is 1. The van der Waals surface area contributed by atoms with E-state index in [-0.39, 0.29) is 23.4 Å². The van der Waals surface area contributed by atoms with Crippen molar-refractivity contribution in [3.63, 3.8) is 0 Å². The number of alkyl halides is 2. The average Bonchev–Trinajstić information content (AvgIpc) is 2.59. The Hall–Kier alpha value is -3.20. The largest absolute Gasteiger partial charge is 0.434 e. The van der Waals surface area contributed by atoms with Crippen molar-refractivity contribution in [2.75, 3.05) is 0 Å². The van der Waals surface area contributed by atoms with Crippen LogP contribution in [0.25, 0.3) is 6.08 Å². The first-order valence-electron chi connectivity index (χ1n) is 7.08. The molecule has 6 heteroatoms. The van der Waals surface area contributed by atoms with Crippen LogP contribution < -0.4 is 10.1 Å². The standard InChI is InChI=1S/C18H14F2N2O2/c19-18(20)24-16-9-5-4-8-14(16)10-15(11-21)17(23)22-12-13-6-2-1-3-7-13/h1-10,18H,12H2,(H,22,23)/b15-10-. The van der Waals surface area contributed by atoms with Gasteiger partial charge in [-0.3, -0.25) is 4.79 Å². The third kappa shape index (κ3) is 4.92. The molecule has 0 heterocycles. The van der Waals surface area contributed by atoms with E-state index in [1.807, 2.05) is 30.3 Å². The summed E-state index contributed by atoms with van der Waals surface area (Å²) in [7, 11) is 0. The number of amides is 1. The van der Waals surface area contributed by atoms with Crippen LogP contribution in [0.4, 0.5) is 8.78 Å². The van der Waals surface area contributed by atoms with Crippen molar-refractivity contribution in [1.82, 2.24) is 5.32 Å². The summed E-state index contributed by atoms with van der Waals surface area (Å²) in [6.07, 6.45) is 1.22. The van der Waals surface area contributed by atoms with Crippen LogP contribution in [-0.4, -0.2) is 12.5 Å². The van der Waals surface area contributed by atoms with Gasteiger partial charge in [0.25, 0.3) is 5.91 Å². The molecule has 1 N–H and O–H groups in total. The third-order valence-electron chi connectivity index (χ3n) is 3.10. The lowest BCUT2D eigenvalue weighted by atomic mass is 10.1. The molecule has 4 nitrogen and oxygen atoms in total. The minimum Gasteiger partial charge on any atom is -0.434 e. The fraction of sp³-hybridized carbons (Fsp3) is 0.111. The Bertz CT molecular complexity index is 768. The molecule has 0 bridgehead atoms. The van der Waals surface area contributed by atoms with Gasteiger partial charge in [-0.25, -0.2) is 0 Å². The SMILES string of the molecule is N#C/C(=C/c1ccccc1OC(F)F)C(=O)NCc1ccccc1. The van der Waals surface area contributed by atoms with Gasteiger partial charge in [-0.1, -0.05) is 48.5 Å². The van der Waals surface area contributed by atoms with Crippen LogP contribution >= 0.6 is 0 Å². The monoisotopic (exact) mass is 328 g/mol. The van der Waals surface area contributed by atoms with Crippen molar-refractivity contribution < 1.29 is 18.3 Å². The molecular formula is C18H14F2N2O2. The van der Waals surface area contributed by atoms with Gasteiger partial charge in [-0.05, 0) is 17.7 Å². The molecule has 0 saturated carbocycles. The topological polar surface area (TPSA) is 62.1 Å². The van der Waals surface area contributed by atoms with Crippen molar-refractivity contribution in [3.05, 3.63) is 71.3 Å². The third-order valence-corrected chi connectivity index (χ3v) is 3.10. The highest BCUT2D eigenvalue weighted by Crippen LogP contribution is 2.22. The van der Waals surface area contributed by atoms with Gasteiger partial charge in [-0.15, -0.1) is 0 Å². The van der Waals surface area contributed by atoms with Gasteiger partial charge in [0.05, 0.1) is 0 Å². The molecular weight excluding hydrogens is 314 g/mol. The Morgan fingerprint density at radius 2 is 1.83 bits per heavy atom. The van der Waals surface area contributed by atoms with E-state index >= 15 is 0 Å². The number of nitriles is 1. The summed E-state index contributed by atoms with van der Waals surface area (Å²) in [5, 5.41) is 11.8. The lowest BCUT2D eigenvalue weighted by molar-refractivity contribution is -0.117. The molecule has 0 atom stereocenters. The molecule has 0 spiro atoms. The van der Waals surface area contributed by atoms with Gasteiger partial charge in [0, 0.05) is 12.1 Å². The Morgan fingerprint density at radius 1 is 1.17 bits per heavy atom. The maximum absolute atomic E-state index is 12.4. The summed E-state index contributed by atoms with van der Waals surface area (Å²) < 4.78 is 29.2. The number of halogens is 2. The minimum atomic E-state index is -2.99. The van der Waals surface area contributed by atoms with Crippen LogP contribution in [-0.2, 0) is 11.3 Å². The molecule has 0 unspecified atom stereocenters. The van der Waals surface area contributed by atoms with E-state index in [9.17, 15) is 13.6 Å². The Balaban J connectivity index is 2.14. The summed E-state index contributed by atoms with van der Waals surface area (Å²) in [6.45, 7) is -2.73. The maximum atomic E-state index is 12.4. The van der Waals surface area contributed by atoms with E-state index in [0.717, 1.165) is 5.56 Å². The van der Waals surface area contributed by atoms with Crippen molar-refractivity contribution in [2.24, 2.45) is 0 Å². The van der Waals surface area contributed by atoms with Crippen LogP contribution in [0.2, 0.25) is 0 Å². The van der Waals surface area contributed by atoms with Crippen molar-refractivity contribution >= 4 is 12.0 Å². The fourth-order valence-corrected chi connectivity index (χ4v) is 1.98. The van der Waals surface area contributed by atoms with Gasteiger partial charge in [-0.2, -0.15) is 14.0 Å². The normalized spacial score (nSPS) is 11.0. The van der Waals surface area contributed by atoms with E-state index in [2.05, 4.69) is 10.1 Å². The number of benzene rings is 2. The second-order valence-electron chi connectivity index (χ2n) is 4.75. The molecule has 2 aromatic rings. The second-order valence-corrected chi connectivity index (χ2v) is 4.75. The first-order chi connectivity index (χ1) is 11.6. The van der Waals surface area contributed by atoms with Crippen LogP contribution in [0.3, 0.4) is 0 Å². The molecule has 1 amide bonds. The van der Waals surface area contributed by atoms with E-state index in [1.54, 1.807) is 12.1 Å². The zero-order chi connectivity index (χ0) is 17.4. The first-order valence-corrected chi connectivity index (χ1v) is 7.08. The minimum absolute atomic E-state index is 0.101. The van der Waals surface area contributed by atoms with E-state index < -0.39 is 12.5 Å². The van der Waals surface area contributed by atoms with Gasteiger partial charge >= 0.3 is 6.61 Å². The predicted molar refractivity (Wildman–Crippen MR) is 85.0 cm³/mol. The molecule has 0 aromatic heterocycles. The molecule has 0 aliphatic carbocycles. The molecule has 0 aliphatic rings. The number of nitrogens with one attached hydrogen (secondary N) is 1. The number of hydrogen-bond acceptors (Lipinski definition) is 3. The summed E-state index contributed by atoms with van der Waals surface area (Å²) in [4.78, 5) is 12.1. The Labute approximate surface area is 138 Å². The van der Waals surface area contributed by atoms with Crippen LogP contribution in [0, 0.1) is 11.3 Å². The van der Waals surface area contributed by atoms with Gasteiger partial charge < -0.3 is 10.1 Å². The molecule has 0 aliphatic heterocycles. The Morgan fingerprint density at radius 3 is 2.50 bits per heavy atom. The Kier molecular flexibility index (Phi) is 6.03. The molecule has 24 heavy (non-hydrogen) atoms. The molecule has 0 saturated heterocycles. The summed E-state index contributed by atoms with van der Waals surface area (Å²) >= 11 is 0. The molecule has 0 radical (unpaired) electrons. The number of carbonyl (C=O) groups excluding carboxylic acids is 1. The number of para-hydroxylation sites is 1. The van der Waals surface area contributed by atoms with Gasteiger partial charge in [0.15, 0.2) is 0 Å². The van der Waals surface area contributed by atoms with Crippen molar-refractivity contribution in [3.8, 4) is 11.8 Å². The highest BCUT2D eigenvalue weighted by molar-refractivity contribution is 6.01. The number of nitrogens with zero attached hydrogens (tertiary/aromatic N) is 1. The van der Waals surface area contributed by atoms with Gasteiger partial charge in [0.1, 0.15) is 17.4 Å². The maximum Gasteiger partial charge on any atom is 0.387 e. The summed E-state index contributed by atoms with van der Waals surface area (Å²) in [5.74, 6) is -0.690. The first kappa shape index (κ1) is 17.2. The zero-order valence-corrected chi connectivity index (χ0v) is 12.6. The lowest BCUT2D eigenvalue weighted by Gasteiger charge is -2.08. The van der Waals surface area contributed by atoms with Crippen LogP contribution in [0.1, 0.15) is 11.1 Å².